The second kappa shape index (κ2) is 12.0. The minimum absolute atomic E-state index is 0.164. The lowest BCUT2D eigenvalue weighted by Gasteiger charge is -2.30. The van der Waals surface area contributed by atoms with Gasteiger partial charge in [0.25, 0.3) is 5.91 Å². The van der Waals surface area contributed by atoms with E-state index in [1.807, 2.05) is 45.9 Å². The van der Waals surface area contributed by atoms with Gasteiger partial charge < -0.3 is 15.0 Å². The summed E-state index contributed by atoms with van der Waals surface area (Å²) in [6.07, 6.45) is 1.30. The topological polar surface area (TPSA) is 58.6 Å². The number of nitrogens with zero attached hydrogens (tertiary/aromatic N) is 1. The fraction of sp³-hybridized carbons (Fsp3) is 0.417. The summed E-state index contributed by atoms with van der Waals surface area (Å²) in [5, 5.41) is 3.74. The lowest BCUT2D eigenvalue weighted by Crippen LogP contribution is -2.50. The van der Waals surface area contributed by atoms with E-state index < -0.39 is 6.04 Å². The third-order valence-electron chi connectivity index (χ3n) is 4.97. The number of ether oxygens (including phenoxy) is 1. The first-order chi connectivity index (χ1) is 14.8. The molecule has 0 unspecified atom stereocenters. The van der Waals surface area contributed by atoms with E-state index in [4.69, 9.17) is 27.9 Å². The van der Waals surface area contributed by atoms with E-state index in [0.717, 1.165) is 23.1 Å². The van der Waals surface area contributed by atoms with E-state index in [1.165, 1.54) is 0 Å². The van der Waals surface area contributed by atoms with Crippen molar-refractivity contribution in [3.63, 3.8) is 0 Å². The smallest absolute Gasteiger partial charge is 0.261 e. The molecule has 168 valence electrons. The van der Waals surface area contributed by atoms with Crippen LogP contribution in [0.3, 0.4) is 0 Å². The Morgan fingerprint density at radius 3 is 2.45 bits per heavy atom. The molecule has 2 amide bonds. The number of carbonyl (C=O) groups excluding carboxylic acids is 2. The lowest BCUT2D eigenvalue weighted by molar-refractivity contribution is -0.143. The van der Waals surface area contributed by atoms with Crippen molar-refractivity contribution < 1.29 is 14.3 Å². The van der Waals surface area contributed by atoms with Crippen LogP contribution >= 0.6 is 23.2 Å². The molecule has 0 spiro atoms. The zero-order chi connectivity index (χ0) is 23.0. The van der Waals surface area contributed by atoms with Gasteiger partial charge in [0.2, 0.25) is 5.91 Å². The number of nitrogens with one attached hydrogen (secondary N) is 1. The van der Waals surface area contributed by atoms with Gasteiger partial charge in [0.05, 0.1) is 10.0 Å². The predicted octanol–water partition coefficient (Wildman–Crippen LogP) is 5.32. The van der Waals surface area contributed by atoms with Gasteiger partial charge in [0.15, 0.2) is 6.61 Å². The second-order valence-corrected chi connectivity index (χ2v) is 8.36. The molecule has 2 rings (SSSR count). The molecule has 5 nitrogen and oxygen atoms in total. The maximum atomic E-state index is 13.2. The maximum absolute atomic E-state index is 13.2. The summed E-state index contributed by atoms with van der Waals surface area (Å²) in [5.41, 5.74) is 2.78. The summed E-state index contributed by atoms with van der Waals surface area (Å²) in [7, 11) is 0. The fourth-order valence-corrected chi connectivity index (χ4v) is 3.53. The van der Waals surface area contributed by atoms with Crippen molar-refractivity contribution in [2.24, 2.45) is 0 Å². The third-order valence-corrected chi connectivity index (χ3v) is 5.71. The number of amides is 2. The second-order valence-electron chi connectivity index (χ2n) is 7.54. The van der Waals surface area contributed by atoms with Crippen LogP contribution in [0.2, 0.25) is 10.0 Å². The van der Waals surface area contributed by atoms with Crippen LogP contribution in [0.4, 0.5) is 0 Å². The number of benzene rings is 2. The number of halogens is 2. The van der Waals surface area contributed by atoms with Crippen molar-refractivity contribution in [2.75, 3.05) is 13.2 Å². The van der Waals surface area contributed by atoms with Gasteiger partial charge in [0, 0.05) is 13.1 Å². The standard InChI is InChI=1S/C24H30Cl2N2O3/c1-5-11-27-24(30)21(6-2)28(14-18-9-10-19(25)20(26)13-18)23(29)15-31-22-12-16(3)7-8-17(22)4/h7-10,12-13,21H,5-6,11,14-15H2,1-4H3,(H,27,30)/t21-/m0/s1. The SMILES string of the molecule is CCCNC(=O)[C@H](CC)N(Cc1ccc(Cl)c(Cl)c1)C(=O)COc1cc(C)ccc1C. The molecule has 1 atom stereocenters. The van der Waals surface area contributed by atoms with Crippen LogP contribution in [-0.2, 0) is 16.1 Å². The van der Waals surface area contributed by atoms with Crippen LogP contribution in [0.1, 0.15) is 43.4 Å². The Morgan fingerprint density at radius 2 is 1.81 bits per heavy atom. The van der Waals surface area contributed by atoms with Crippen molar-refractivity contribution in [1.29, 1.82) is 0 Å². The highest BCUT2D eigenvalue weighted by Gasteiger charge is 2.29. The molecule has 0 aliphatic heterocycles. The van der Waals surface area contributed by atoms with Gasteiger partial charge in [-0.1, -0.05) is 55.2 Å². The number of aryl methyl sites for hydroxylation is 2. The molecular weight excluding hydrogens is 435 g/mol. The van der Waals surface area contributed by atoms with Gasteiger partial charge in [-0.2, -0.15) is 0 Å². The monoisotopic (exact) mass is 464 g/mol. The normalized spacial score (nSPS) is 11.7. The zero-order valence-corrected chi connectivity index (χ0v) is 20.0. The van der Waals surface area contributed by atoms with Crippen LogP contribution in [-0.4, -0.2) is 35.9 Å². The molecule has 31 heavy (non-hydrogen) atoms. The van der Waals surface area contributed by atoms with Gasteiger partial charge in [-0.3, -0.25) is 9.59 Å². The molecule has 0 saturated heterocycles. The molecular formula is C24H30Cl2N2O3. The Balaban J connectivity index is 2.25. The molecule has 0 fully saturated rings. The average molecular weight is 465 g/mol. The molecule has 7 heteroatoms. The Kier molecular flexibility index (Phi) is 9.66. The molecule has 0 aliphatic carbocycles. The highest BCUT2D eigenvalue weighted by molar-refractivity contribution is 6.42. The number of hydrogen-bond donors (Lipinski definition) is 1. The molecule has 1 N–H and O–H groups in total. The molecule has 0 bridgehead atoms. The first kappa shape index (κ1) is 25.0. The number of carbonyl (C=O) groups is 2. The molecule has 0 radical (unpaired) electrons. The van der Waals surface area contributed by atoms with Crippen LogP contribution in [0, 0.1) is 13.8 Å². The average Bonchev–Trinajstić information content (AvgIpc) is 2.74. The summed E-state index contributed by atoms with van der Waals surface area (Å²) in [5.74, 6) is 0.210. The molecule has 0 heterocycles. The minimum atomic E-state index is -0.615. The van der Waals surface area contributed by atoms with E-state index in [-0.39, 0.29) is 25.0 Å². The van der Waals surface area contributed by atoms with Crippen molar-refractivity contribution in [3.05, 3.63) is 63.1 Å². The first-order valence-electron chi connectivity index (χ1n) is 10.5. The molecule has 0 saturated carbocycles. The van der Waals surface area contributed by atoms with E-state index in [1.54, 1.807) is 23.1 Å². The highest BCUT2D eigenvalue weighted by atomic mass is 35.5. The first-order valence-corrected chi connectivity index (χ1v) is 11.2. The van der Waals surface area contributed by atoms with Crippen molar-refractivity contribution >= 4 is 35.0 Å². The van der Waals surface area contributed by atoms with Gasteiger partial charge in [0.1, 0.15) is 11.8 Å². The summed E-state index contributed by atoms with van der Waals surface area (Å²) in [6, 6.07) is 10.4. The summed E-state index contributed by atoms with van der Waals surface area (Å²) < 4.78 is 5.83. The van der Waals surface area contributed by atoms with Gasteiger partial charge in [-0.15, -0.1) is 0 Å². The van der Waals surface area contributed by atoms with Crippen LogP contribution < -0.4 is 10.1 Å². The molecule has 2 aromatic rings. The summed E-state index contributed by atoms with van der Waals surface area (Å²) in [6.45, 7) is 8.39. The fourth-order valence-electron chi connectivity index (χ4n) is 3.21. The van der Waals surface area contributed by atoms with Crippen molar-refractivity contribution in [2.45, 2.75) is 53.1 Å². The lowest BCUT2D eigenvalue weighted by atomic mass is 10.1. The largest absolute Gasteiger partial charge is 0.483 e. The zero-order valence-electron chi connectivity index (χ0n) is 18.5. The quantitative estimate of drug-likeness (QED) is 0.517. The van der Waals surface area contributed by atoms with Crippen LogP contribution in [0.5, 0.6) is 5.75 Å². The van der Waals surface area contributed by atoms with E-state index >= 15 is 0 Å². The molecule has 0 aromatic heterocycles. The summed E-state index contributed by atoms with van der Waals surface area (Å²) in [4.78, 5) is 27.5. The number of rotatable bonds is 10. The van der Waals surface area contributed by atoms with Crippen LogP contribution in [0.25, 0.3) is 0 Å². The van der Waals surface area contributed by atoms with E-state index in [0.29, 0.717) is 28.8 Å². The Bertz CT molecular complexity index is 918. The predicted molar refractivity (Wildman–Crippen MR) is 126 cm³/mol. The van der Waals surface area contributed by atoms with E-state index in [2.05, 4.69) is 5.32 Å². The summed E-state index contributed by atoms with van der Waals surface area (Å²) >= 11 is 12.2. The third kappa shape index (κ3) is 7.15. The Morgan fingerprint density at radius 1 is 1.06 bits per heavy atom. The van der Waals surface area contributed by atoms with Gasteiger partial charge in [-0.25, -0.2) is 0 Å². The molecule has 0 aliphatic rings. The van der Waals surface area contributed by atoms with Gasteiger partial charge >= 0.3 is 0 Å². The Hall–Kier alpha value is -2.24. The van der Waals surface area contributed by atoms with Crippen molar-refractivity contribution in [3.8, 4) is 5.75 Å². The number of hydrogen-bond acceptors (Lipinski definition) is 3. The maximum Gasteiger partial charge on any atom is 0.261 e. The van der Waals surface area contributed by atoms with E-state index in [9.17, 15) is 9.59 Å². The van der Waals surface area contributed by atoms with Gasteiger partial charge in [-0.05, 0) is 61.6 Å². The Labute approximate surface area is 194 Å². The van der Waals surface area contributed by atoms with Crippen molar-refractivity contribution in [1.82, 2.24) is 10.2 Å². The molecule has 2 aromatic carbocycles. The highest BCUT2D eigenvalue weighted by Crippen LogP contribution is 2.24. The minimum Gasteiger partial charge on any atom is -0.483 e. The van der Waals surface area contributed by atoms with Crippen LogP contribution in [0.15, 0.2) is 36.4 Å².